The van der Waals surface area contributed by atoms with Gasteiger partial charge in [-0.15, -0.1) is 0 Å². The van der Waals surface area contributed by atoms with E-state index < -0.39 is 22.3 Å². The van der Waals surface area contributed by atoms with E-state index in [1.54, 1.807) is 18.2 Å². The number of aromatic hydroxyl groups is 1. The highest BCUT2D eigenvalue weighted by Crippen LogP contribution is 2.39. The van der Waals surface area contributed by atoms with Gasteiger partial charge in [0.15, 0.2) is 0 Å². The largest absolute Gasteiger partial charge is 0.506 e. The molecule has 29 heavy (non-hydrogen) atoms. The number of benzene rings is 2. The number of amides is 3. The van der Waals surface area contributed by atoms with Crippen LogP contribution in [0.2, 0.25) is 5.02 Å². The quantitative estimate of drug-likeness (QED) is 0.665. The average molecular weight is 437 g/mol. The highest BCUT2D eigenvalue weighted by atomic mass is 35.5. The van der Waals surface area contributed by atoms with Crippen LogP contribution >= 0.6 is 23.4 Å². The van der Waals surface area contributed by atoms with Crippen LogP contribution in [0.1, 0.15) is 6.42 Å². The normalized spacial score (nSPS) is 16.1. The summed E-state index contributed by atoms with van der Waals surface area (Å²) in [5.74, 6) is -0.428. The molecule has 1 heterocycles. The molecule has 152 valence electrons. The number of carbonyl (C=O) groups is 3. The molecule has 2 N–H and O–H groups in total. The fraction of sp³-hybridized carbons (Fsp3) is 0.211. The Morgan fingerprint density at radius 3 is 2.66 bits per heavy atom. The van der Waals surface area contributed by atoms with E-state index in [0.717, 1.165) is 16.7 Å². The molecule has 10 heteroatoms. The molecule has 1 saturated heterocycles. The number of hydrogen-bond acceptors (Lipinski definition) is 7. The molecule has 1 fully saturated rings. The van der Waals surface area contributed by atoms with Crippen molar-refractivity contribution in [2.24, 2.45) is 0 Å². The number of ether oxygens (including phenoxy) is 2. The molecule has 3 amide bonds. The highest BCUT2D eigenvalue weighted by molar-refractivity contribution is 8.15. The van der Waals surface area contributed by atoms with Gasteiger partial charge in [0.1, 0.15) is 22.5 Å². The summed E-state index contributed by atoms with van der Waals surface area (Å²) in [7, 11) is 2.90. The van der Waals surface area contributed by atoms with Crippen LogP contribution in [0.15, 0.2) is 36.4 Å². The van der Waals surface area contributed by atoms with E-state index in [2.05, 4.69) is 5.32 Å². The topological polar surface area (TPSA) is 105 Å². The van der Waals surface area contributed by atoms with Crippen LogP contribution in [0.3, 0.4) is 0 Å². The van der Waals surface area contributed by atoms with Gasteiger partial charge in [0.25, 0.3) is 5.24 Å². The molecule has 1 aliphatic heterocycles. The first-order valence-corrected chi connectivity index (χ1v) is 9.64. The average Bonchev–Trinajstić information content (AvgIpc) is 2.97. The molecule has 1 unspecified atom stereocenters. The summed E-state index contributed by atoms with van der Waals surface area (Å²) in [5.41, 5.74) is 0.393. The predicted octanol–water partition coefficient (Wildman–Crippen LogP) is 3.66. The maximum Gasteiger partial charge on any atom is 0.293 e. The van der Waals surface area contributed by atoms with Crippen molar-refractivity contribution in [3.8, 4) is 17.2 Å². The molecule has 1 aliphatic rings. The van der Waals surface area contributed by atoms with Crippen molar-refractivity contribution in [1.82, 2.24) is 0 Å². The lowest BCUT2D eigenvalue weighted by molar-refractivity contribution is -0.121. The first-order valence-electron chi connectivity index (χ1n) is 8.39. The number of hydrogen-bond donors (Lipinski definition) is 2. The molecule has 8 nitrogen and oxygen atoms in total. The van der Waals surface area contributed by atoms with Gasteiger partial charge in [-0.25, -0.2) is 4.90 Å². The van der Waals surface area contributed by atoms with Gasteiger partial charge >= 0.3 is 0 Å². The predicted molar refractivity (Wildman–Crippen MR) is 110 cm³/mol. The minimum Gasteiger partial charge on any atom is -0.506 e. The number of nitrogens with zero attached hydrogens (tertiary/aromatic N) is 1. The van der Waals surface area contributed by atoms with E-state index in [0.29, 0.717) is 16.5 Å². The number of methoxy groups -OCH3 is 2. The zero-order valence-corrected chi connectivity index (χ0v) is 17.0. The van der Waals surface area contributed by atoms with Crippen LogP contribution in [0.4, 0.5) is 16.2 Å². The number of halogens is 1. The number of phenolic OH excluding ortho intramolecular Hbond substituents is 1. The van der Waals surface area contributed by atoms with Gasteiger partial charge in [-0.05, 0) is 42.1 Å². The fourth-order valence-corrected chi connectivity index (χ4v) is 3.90. The second kappa shape index (κ2) is 8.62. The molecule has 0 aliphatic carbocycles. The SMILES string of the molecule is COc1ccc(N2C(=O)SC(CC(=O)Nc3cc(Cl)ccc3O)C2=O)c(OC)c1. The zero-order valence-electron chi connectivity index (χ0n) is 15.5. The number of anilines is 2. The smallest absolute Gasteiger partial charge is 0.293 e. The monoisotopic (exact) mass is 436 g/mol. The lowest BCUT2D eigenvalue weighted by atomic mass is 10.2. The molecule has 0 saturated carbocycles. The number of imide groups is 1. The summed E-state index contributed by atoms with van der Waals surface area (Å²) in [6, 6.07) is 8.91. The minimum atomic E-state index is -0.907. The lowest BCUT2D eigenvalue weighted by Crippen LogP contribution is -2.33. The van der Waals surface area contributed by atoms with Crippen molar-refractivity contribution in [1.29, 1.82) is 0 Å². The van der Waals surface area contributed by atoms with E-state index >= 15 is 0 Å². The zero-order chi connectivity index (χ0) is 21.1. The Morgan fingerprint density at radius 1 is 1.21 bits per heavy atom. The molecule has 2 aromatic carbocycles. The second-order valence-electron chi connectivity index (χ2n) is 6.00. The Hall–Kier alpha value is -2.91. The van der Waals surface area contributed by atoms with Crippen LogP contribution in [0, 0.1) is 0 Å². The van der Waals surface area contributed by atoms with Gasteiger partial charge in [0.05, 0.1) is 25.6 Å². The van der Waals surface area contributed by atoms with Crippen LogP contribution in [-0.4, -0.2) is 41.6 Å². The minimum absolute atomic E-state index is 0.123. The van der Waals surface area contributed by atoms with Crippen molar-refractivity contribution < 1.29 is 29.0 Å². The Morgan fingerprint density at radius 2 is 1.97 bits per heavy atom. The van der Waals surface area contributed by atoms with Crippen LogP contribution in [0.25, 0.3) is 0 Å². The molecule has 1 atom stereocenters. The van der Waals surface area contributed by atoms with Crippen molar-refractivity contribution in [2.45, 2.75) is 11.7 Å². The van der Waals surface area contributed by atoms with Crippen LogP contribution in [-0.2, 0) is 9.59 Å². The van der Waals surface area contributed by atoms with E-state index in [4.69, 9.17) is 21.1 Å². The van der Waals surface area contributed by atoms with Crippen molar-refractivity contribution in [3.05, 3.63) is 41.4 Å². The summed E-state index contributed by atoms with van der Waals surface area (Å²) in [6.45, 7) is 0. The number of nitrogens with one attached hydrogen (secondary N) is 1. The van der Waals surface area contributed by atoms with Gasteiger partial charge in [0.2, 0.25) is 11.8 Å². The van der Waals surface area contributed by atoms with E-state index in [-0.39, 0.29) is 23.5 Å². The molecule has 2 aromatic rings. The molecule has 3 rings (SSSR count). The summed E-state index contributed by atoms with van der Waals surface area (Å²) >= 11 is 6.61. The number of carbonyl (C=O) groups excluding carboxylic acids is 3. The van der Waals surface area contributed by atoms with Gasteiger partial charge in [0, 0.05) is 17.5 Å². The second-order valence-corrected chi connectivity index (χ2v) is 7.59. The summed E-state index contributed by atoms with van der Waals surface area (Å²) in [5, 5.41) is 11.2. The Balaban J connectivity index is 1.75. The van der Waals surface area contributed by atoms with E-state index in [1.807, 2.05) is 0 Å². The summed E-state index contributed by atoms with van der Waals surface area (Å²) in [4.78, 5) is 38.6. The van der Waals surface area contributed by atoms with E-state index in [9.17, 15) is 19.5 Å². The third kappa shape index (κ3) is 4.41. The highest BCUT2D eigenvalue weighted by Gasteiger charge is 2.42. The Labute approximate surface area is 175 Å². The van der Waals surface area contributed by atoms with Gasteiger partial charge in [-0.2, -0.15) is 0 Å². The maximum atomic E-state index is 12.8. The summed E-state index contributed by atoms with van der Waals surface area (Å²) < 4.78 is 10.4. The first kappa shape index (κ1) is 20.8. The third-order valence-corrected chi connectivity index (χ3v) is 5.42. The first-order chi connectivity index (χ1) is 13.8. The van der Waals surface area contributed by atoms with Gasteiger partial charge < -0.3 is 19.9 Å². The van der Waals surface area contributed by atoms with E-state index in [1.165, 1.54) is 32.4 Å². The Bertz CT molecular complexity index is 983. The molecule has 0 bridgehead atoms. The number of phenols is 1. The van der Waals surface area contributed by atoms with Gasteiger partial charge in [-0.3, -0.25) is 14.4 Å². The number of thioether (sulfide) groups is 1. The molecule has 0 aromatic heterocycles. The lowest BCUT2D eigenvalue weighted by Gasteiger charge is -2.18. The van der Waals surface area contributed by atoms with Crippen LogP contribution < -0.4 is 19.7 Å². The third-order valence-electron chi connectivity index (χ3n) is 4.15. The standard InChI is InChI=1S/C19H17ClN2O6S/c1-27-11-4-5-13(15(8-11)28-2)22-18(25)16(29-19(22)26)9-17(24)21-12-7-10(20)3-6-14(12)23/h3-8,16,23H,9H2,1-2H3,(H,21,24). The van der Waals surface area contributed by atoms with Crippen molar-refractivity contribution >= 4 is 51.8 Å². The number of rotatable bonds is 6. The molecular weight excluding hydrogens is 420 g/mol. The van der Waals surface area contributed by atoms with Crippen molar-refractivity contribution in [3.63, 3.8) is 0 Å². The van der Waals surface area contributed by atoms with Gasteiger partial charge in [-0.1, -0.05) is 11.6 Å². The molecule has 0 radical (unpaired) electrons. The summed E-state index contributed by atoms with van der Waals surface area (Å²) in [6.07, 6.45) is -0.254. The maximum absolute atomic E-state index is 12.8. The van der Waals surface area contributed by atoms with Crippen LogP contribution in [0.5, 0.6) is 17.2 Å². The fourth-order valence-electron chi connectivity index (χ4n) is 2.75. The Kier molecular flexibility index (Phi) is 6.19. The van der Waals surface area contributed by atoms with Crippen molar-refractivity contribution in [2.75, 3.05) is 24.4 Å². The molecular formula is C19H17ClN2O6S. The molecule has 0 spiro atoms.